The van der Waals surface area contributed by atoms with Gasteiger partial charge in [0.2, 0.25) is 5.91 Å². The van der Waals surface area contributed by atoms with E-state index in [0.717, 1.165) is 207 Å². The minimum Gasteiger partial charge on any atom is -0.493 e. The Labute approximate surface area is 883 Å². The third-order valence-electron chi connectivity index (χ3n) is 33.7. The van der Waals surface area contributed by atoms with Crippen LogP contribution < -0.4 is 19.1 Å². The van der Waals surface area contributed by atoms with Gasteiger partial charge in [0.05, 0.1) is 71.3 Å². The van der Waals surface area contributed by atoms with E-state index in [0.29, 0.717) is 88.8 Å². The first-order chi connectivity index (χ1) is 68.2. The van der Waals surface area contributed by atoms with Gasteiger partial charge in [-0.15, -0.1) is 0 Å². The molecule has 0 bridgehead atoms. The van der Waals surface area contributed by atoms with Gasteiger partial charge in [-0.1, -0.05) is 138 Å². The van der Waals surface area contributed by atoms with Crippen molar-refractivity contribution in [2.75, 3.05) is 46.8 Å². The number of rotatable bonds is 36. The van der Waals surface area contributed by atoms with Crippen molar-refractivity contribution in [2.45, 2.75) is 469 Å². The van der Waals surface area contributed by atoms with Crippen LogP contribution in [0.1, 0.15) is 427 Å². The molecule has 818 valence electrons. The lowest BCUT2D eigenvalue weighted by atomic mass is 9.80. The van der Waals surface area contributed by atoms with Crippen molar-refractivity contribution >= 4 is 66.7 Å². The molecule has 0 aromatic heterocycles. The lowest BCUT2D eigenvalue weighted by Gasteiger charge is -2.31. The van der Waals surface area contributed by atoms with Crippen LogP contribution in [-0.2, 0) is 86.1 Å². The Hall–Kier alpha value is -5.81. The van der Waals surface area contributed by atoms with E-state index in [1.54, 1.807) is 41.5 Å². The third-order valence-corrected chi connectivity index (χ3v) is 47.6. The molecule has 145 heavy (non-hydrogen) atoms. The molecule has 1 aliphatic heterocycles. The molecule has 1 heterocycles. The Morgan fingerprint density at radius 1 is 0.310 bits per heavy atom. The summed E-state index contributed by atoms with van der Waals surface area (Å²) in [5.41, 5.74) is 8.52. The average molecular weight is 2100 g/mol. The fraction of sp³-hybridized carbons (Fsp3) is 0.740. The summed E-state index contributed by atoms with van der Waals surface area (Å²) in [6.07, 6.45) is 52.3. The van der Waals surface area contributed by atoms with Crippen LogP contribution in [0.4, 0.5) is 5.69 Å². The molecule has 0 atom stereocenters. The van der Waals surface area contributed by atoms with Crippen molar-refractivity contribution in [1.82, 2.24) is 4.90 Å². The van der Waals surface area contributed by atoms with Gasteiger partial charge in [-0.3, -0.25) is 9.59 Å². The molecule has 0 N–H and O–H groups in total. The number of hydrogen-bond acceptors (Lipinski definition) is 15. The number of benzene rings is 5. The van der Waals surface area contributed by atoms with E-state index in [9.17, 15) is 51.7 Å². The number of hydrogen-bond donors (Lipinski definition) is 0. The van der Waals surface area contributed by atoms with Gasteiger partial charge in [-0.05, 0) is 491 Å². The molecule has 0 spiro atoms. The molecule has 1 saturated heterocycles. The Balaban J connectivity index is 0.000000186. The minimum absolute atomic E-state index is 0.0973. The number of aryl methyl sites for hydroxylation is 5. The molecule has 8 saturated carbocycles. The predicted molar refractivity (Wildman–Crippen MR) is 605 cm³/mol. The van der Waals surface area contributed by atoms with Crippen molar-refractivity contribution in [1.29, 1.82) is 0 Å². The van der Waals surface area contributed by atoms with Crippen molar-refractivity contribution in [3.63, 3.8) is 0 Å². The standard InChI is InChI=1S/C26H43NO3S.2C25H40O3S.C24H37NO3S.C23H36O3S/c1-19(2)27(20(3)4)25(28)24-16-14-22(15-17-24)9-8-21-10-12-23(13-11-21)18-31(29,30)26(5,6)7;1-25(2,3)29(26,27)19-22-16-13-20(14-17-22)12-15-21-8-7-11-24(18-21)28-23-9-5-4-6-10-23;1-25(2,3)29(26,27)19-22-13-11-20(12-14-22)9-10-21-15-17-24(18-16-21)28-23-7-5-4-6-8-23;1-24(2,3)29(27,28)18-21-11-9-19(10-12-21)7-8-20-13-15-22(16-14-20)25-17-5-4-6-23(25)26;1-23(2,3)27(24,25)17-21-10-6-18(7-11-21)4-5-19-12-14-22(15-13-19)26-16-20-8-9-20/h14-17,19-21,23H,8-13,18H2,1-7H3;7-8,11,18,20,22-23H,4-6,9-10,12-17,19H2,1-3H3;15-18,20,22-23H,4-14,19H2,1-3H3;13-16,19,21H,4-12,17-18H2,1-3H3;12-15,18,20-21H,4-11,16-17H2,1-3H3. The topological polar surface area (TPSA) is 239 Å². The number of nitrogens with zero attached hydrogens (tertiary/aromatic N) is 2. The normalized spacial score (nSPS) is 23.3. The molecule has 0 unspecified atom stereocenters. The van der Waals surface area contributed by atoms with Crippen molar-refractivity contribution in [2.24, 2.45) is 65.1 Å². The monoisotopic (exact) mass is 2100 g/mol. The van der Waals surface area contributed by atoms with Crippen LogP contribution in [0.5, 0.6) is 17.2 Å². The van der Waals surface area contributed by atoms with Gasteiger partial charge in [0.15, 0.2) is 49.2 Å². The van der Waals surface area contributed by atoms with Crippen LogP contribution in [0.15, 0.2) is 121 Å². The summed E-state index contributed by atoms with van der Waals surface area (Å²) in [4.78, 5) is 28.7. The maximum Gasteiger partial charge on any atom is 0.254 e. The lowest BCUT2D eigenvalue weighted by molar-refractivity contribution is -0.119. The summed E-state index contributed by atoms with van der Waals surface area (Å²) in [5, 5.41) is 0. The highest BCUT2D eigenvalue weighted by molar-refractivity contribution is 7.93. The number of carbonyl (C=O) groups excluding carboxylic acids is 2. The number of sulfone groups is 5. The first-order valence-corrected chi connectivity index (χ1v) is 65.6. The first kappa shape index (κ1) is 121. The largest absolute Gasteiger partial charge is 0.493 e. The molecule has 9 fully saturated rings. The Kier molecular flexibility index (Phi) is 46.5. The fourth-order valence-electron chi connectivity index (χ4n) is 22.6. The highest BCUT2D eigenvalue weighted by Gasteiger charge is 2.40. The van der Waals surface area contributed by atoms with Crippen molar-refractivity contribution < 1.29 is 65.9 Å². The Bertz CT molecular complexity index is 5270. The molecule has 5 aromatic carbocycles. The number of piperidine rings is 1. The van der Waals surface area contributed by atoms with Crippen LogP contribution in [0.2, 0.25) is 0 Å². The lowest BCUT2D eigenvalue weighted by Crippen LogP contribution is -2.42. The SMILES string of the molecule is CC(C)(C)S(=O)(=O)CC1CCC(CCc2ccc(N3CCCCC3=O)cc2)CC1.CC(C)(C)S(=O)(=O)CC1CCC(CCc2ccc(OC3CCCCC3)cc2)CC1.CC(C)(C)S(=O)(=O)CC1CCC(CCc2ccc(OCC3CC3)cc2)CC1.CC(C)(C)S(=O)(=O)CC1CCC(CCc2cccc(OC3CCCCC3)c2)CC1.CC(C)N(C(=O)c1ccc(CCC2CCC(CS(=O)(=O)C(C)(C)C)CC2)cc1)C(C)C. The molecule has 14 rings (SSSR count). The molecule has 8 aliphatic carbocycles. The van der Waals surface area contributed by atoms with Crippen molar-refractivity contribution in [3.8, 4) is 17.2 Å². The van der Waals surface area contributed by atoms with Gasteiger partial charge < -0.3 is 24.0 Å². The van der Waals surface area contributed by atoms with Gasteiger partial charge in [0.1, 0.15) is 17.2 Å². The van der Waals surface area contributed by atoms with Gasteiger partial charge in [-0.2, -0.15) is 0 Å². The number of ether oxygens (including phenoxy) is 3. The minimum atomic E-state index is -3.03. The molecule has 2 amide bonds. The summed E-state index contributed by atoms with van der Waals surface area (Å²) >= 11 is 0. The maximum atomic E-state index is 12.8. The zero-order valence-electron chi connectivity index (χ0n) is 93.5. The fourth-order valence-corrected chi connectivity index (χ4v) is 29.8. The Morgan fingerprint density at radius 2 is 0.586 bits per heavy atom. The van der Waals surface area contributed by atoms with Gasteiger partial charge in [-0.25, -0.2) is 42.1 Å². The maximum absolute atomic E-state index is 12.8. The summed E-state index contributed by atoms with van der Waals surface area (Å²) < 4.78 is 140. The van der Waals surface area contributed by atoms with Crippen LogP contribution in [-0.4, -0.2) is 149 Å². The van der Waals surface area contributed by atoms with Gasteiger partial charge >= 0.3 is 0 Å². The highest BCUT2D eigenvalue weighted by Crippen LogP contribution is 2.43. The van der Waals surface area contributed by atoms with Gasteiger partial charge in [0, 0.05) is 36.3 Å². The molecular weight excluding hydrogens is 1910 g/mol. The average Bonchev–Trinajstić information content (AvgIpc) is 1.55. The molecule has 5 aromatic rings. The molecule has 17 nitrogen and oxygen atoms in total. The summed E-state index contributed by atoms with van der Waals surface area (Å²) in [6, 6.07) is 43.0. The van der Waals surface area contributed by atoms with Crippen LogP contribution in [0.3, 0.4) is 0 Å². The van der Waals surface area contributed by atoms with Crippen LogP contribution >= 0.6 is 0 Å². The molecular formula is C123H196N2O15S5. The third kappa shape index (κ3) is 40.3. The summed E-state index contributed by atoms with van der Waals surface area (Å²) in [7, 11) is -15.0. The van der Waals surface area contributed by atoms with Gasteiger partial charge in [0.25, 0.3) is 5.91 Å². The second kappa shape index (κ2) is 55.6. The van der Waals surface area contributed by atoms with E-state index in [1.807, 2.05) is 84.2 Å². The van der Waals surface area contributed by atoms with E-state index >= 15 is 0 Å². The predicted octanol–water partition coefficient (Wildman–Crippen LogP) is 29.2. The van der Waals surface area contributed by atoms with E-state index in [-0.39, 0.29) is 23.9 Å². The zero-order chi connectivity index (χ0) is 106. The van der Waals surface area contributed by atoms with Crippen LogP contribution in [0.25, 0.3) is 0 Å². The quantitative estimate of drug-likeness (QED) is 0.0362. The second-order valence-electron chi connectivity index (χ2n) is 51.3. The van der Waals surface area contributed by atoms with E-state index in [4.69, 9.17) is 14.2 Å². The Morgan fingerprint density at radius 3 is 0.883 bits per heavy atom. The van der Waals surface area contributed by atoms with Crippen LogP contribution in [0, 0.1) is 65.1 Å². The number of carbonyl (C=O) groups is 2. The first-order valence-electron chi connectivity index (χ1n) is 57.3. The second-order valence-corrected chi connectivity index (χ2v) is 65.2. The summed E-state index contributed by atoms with van der Waals surface area (Å²) in [6.45, 7) is 37.1. The van der Waals surface area contributed by atoms with E-state index in [2.05, 4.69) is 137 Å². The molecule has 22 heteroatoms. The summed E-state index contributed by atoms with van der Waals surface area (Å²) in [5.74, 6) is 11.2. The molecule has 9 aliphatic rings. The molecule has 0 radical (unpaired) electrons. The smallest absolute Gasteiger partial charge is 0.254 e. The number of amides is 2. The highest BCUT2D eigenvalue weighted by atomic mass is 32.2. The van der Waals surface area contributed by atoms with E-state index < -0.39 is 72.9 Å². The van der Waals surface area contributed by atoms with Crippen molar-refractivity contribution in [3.05, 3.63) is 155 Å². The van der Waals surface area contributed by atoms with E-state index in [1.165, 1.54) is 169 Å². The zero-order valence-corrected chi connectivity index (χ0v) is 97.6. The number of anilines is 1.